The molecule has 61 heavy (non-hydrogen) atoms. The van der Waals surface area contributed by atoms with Crippen LogP contribution in [0.5, 0.6) is 0 Å². The van der Waals surface area contributed by atoms with Gasteiger partial charge < -0.3 is 22.6 Å². The van der Waals surface area contributed by atoms with Crippen LogP contribution in [0.4, 0.5) is 0 Å². The van der Waals surface area contributed by atoms with Crippen molar-refractivity contribution < 1.29 is 28.1 Å². The van der Waals surface area contributed by atoms with Crippen molar-refractivity contribution in [3.63, 3.8) is 0 Å². The number of rotatable bonds is 13. The molecule has 0 N–H and O–H groups in total. The van der Waals surface area contributed by atoms with Crippen LogP contribution in [0, 0.1) is 16.3 Å². The first kappa shape index (κ1) is 73.7. The molecule has 0 saturated heterocycles. The Kier molecular flexibility index (Phi) is 54.3. The fourth-order valence-electron chi connectivity index (χ4n) is 4.05. The Morgan fingerprint density at radius 1 is 0.803 bits per heavy atom. The summed E-state index contributed by atoms with van der Waals surface area (Å²) in [5.74, 6) is 3.95. The van der Waals surface area contributed by atoms with Crippen LogP contribution in [-0.4, -0.2) is 57.4 Å². The molecular formula is C43H60BrCl4I6N2O2SiSnV-. The maximum Gasteiger partial charge on any atom is 0.114 e. The van der Waals surface area contributed by atoms with E-state index < -0.39 is 31.3 Å². The predicted octanol–water partition coefficient (Wildman–Crippen LogP) is 18.7. The Bertz CT molecular complexity index is 1600. The number of ketones is 2. The van der Waals surface area contributed by atoms with Gasteiger partial charge in [-0.1, -0.05) is 222 Å². The molecule has 0 spiro atoms. The molecule has 3 rings (SSSR count). The van der Waals surface area contributed by atoms with Crippen molar-refractivity contribution >= 4 is 236 Å². The zero-order valence-electron chi connectivity index (χ0n) is 36.3. The number of hydrogen-bond donors (Lipinski definition) is 0. The zero-order chi connectivity index (χ0) is 47.5. The van der Waals surface area contributed by atoms with Gasteiger partial charge in [-0.2, -0.15) is 5.26 Å². The van der Waals surface area contributed by atoms with Gasteiger partial charge in [0.1, 0.15) is -0.0619 Å². The van der Waals surface area contributed by atoms with Gasteiger partial charge in [-0.25, -0.2) is 0 Å². The first-order valence-corrected chi connectivity index (χ1v) is 42.1. The summed E-state index contributed by atoms with van der Waals surface area (Å²) in [5.41, 5.74) is 4.45. The first-order chi connectivity index (χ1) is 27.8. The molecule has 0 aromatic heterocycles. The Hall–Kier alpha value is 3.78. The molecule has 0 amide bonds. The minimum absolute atomic E-state index is 0. The molecule has 345 valence electrons. The largest absolute Gasteiger partial charge is 0.319 e. The van der Waals surface area contributed by atoms with Gasteiger partial charge in [0.25, 0.3) is 0 Å². The standard InChI is InChI=1S/C14H16ClNO.C13H16BrClO.C9H12.C4H10NSi.CHI3.CH2I2.CH2I.2ClH.Sn.V.H/c1-14(2,10-16)12-7-5-11(6-8-12)13(17)4-3-9-15;1-13(2,14)11-7-5-10(6-8-11)12(16)4-3-9-15;1-8(2)9-6-4-3-5-7-9;1-6(2,3)4-5;2-1(3)4;2-1-3;1-2;;;;;/h5-8H,3-4,9H2,1-2H3;5-8H,3-4,9H2,1-2H3;3-8H,1-2H3;4H,1-3H3;1H;1H2;1H2;2*1H;;;/q;;;-1;;;-1;;;+3;;/p-2. The maximum atomic E-state index is 11.7. The molecule has 0 aliphatic rings. The number of Topliss-reactive ketones (excluding diaryl/α,β-unsaturated/α-hetero) is 2. The van der Waals surface area contributed by atoms with E-state index in [-0.39, 0.29) is 34.4 Å². The number of hydrogen-bond acceptors (Lipinski definition) is 4. The van der Waals surface area contributed by atoms with Gasteiger partial charge in [0.15, 0.2) is 11.6 Å². The smallest absolute Gasteiger partial charge is 0.114 e. The molecule has 0 saturated carbocycles. The van der Waals surface area contributed by atoms with Crippen LogP contribution < -0.4 is 0 Å². The summed E-state index contributed by atoms with van der Waals surface area (Å²) in [6.07, 6.45) is 2.45. The van der Waals surface area contributed by atoms with E-state index in [9.17, 15) is 9.59 Å². The Morgan fingerprint density at radius 2 is 1.15 bits per heavy atom. The molecule has 0 bridgehead atoms. The summed E-state index contributed by atoms with van der Waals surface area (Å²) in [4.78, 5) is 26.6. The molecule has 3 aromatic rings. The van der Waals surface area contributed by atoms with Crippen molar-refractivity contribution in [1.29, 1.82) is 5.26 Å². The summed E-state index contributed by atoms with van der Waals surface area (Å²) in [7, 11) is 10.0. The fourth-order valence-corrected chi connectivity index (χ4v) is 12.2. The van der Waals surface area contributed by atoms with Crippen LogP contribution >= 0.6 is 193 Å². The second-order valence-electron chi connectivity index (χ2n) is 14.6. The molecule has 18 heteroatoms. The van der Waals surface area contributed by atoms with Crippen molar-refractivity contribution in [3.8, 4) is 6.07 Å². The van der Waals surface area contributed by atoms with E-state index in [0.29, 0.717) is 42.5 Å². The summed E-state index contributed by atoms with van der Waals surface area (Å²) in [6, 6.07) is 27.8. The Labute approximate surface area is 498 Å². The summed E-state index contributed by atoms with van der Waals surface area (Å²) < 4.78 is 5.96. The van der Waals surface area contributed by atoms with Gasteiger partial charge in [0, 0.05) is 58.6 Å². The average Bonchev–Trinajstić information content (AvgIpc) is 3.19. The second-order valence-corrected chi connectivity index (χ2v) is 47.2. The van der Waals surface area contributed by atoms with Gasteiger partial charge in [0.05, 0.1) is 13.9 Å². The fraction of sp³-hybridized carbons (Fsp3) is 0.465. The molecule has 0 fully saturated rings. The van der Waals surface area contributed by atoms with E-state index in [1.54, 1.807) is 12.1 Å². The Balaban J connectivity index is -0.000000219. The number of carbonyl (C=O) groups is 2. The van der Waals surface area contributed by atoms with Gasteiger partial charge in [-0.15, -0.1) is 23.2 Å². The SMILES string of the molecule is CC(C)(Br)c1ccc(C(=O)CCCCl)cc1.CC(C)(C#N)c1ccc(C(=O)CCCCl)cc1.CC(C)c1ccccc1.C[Si](C)(C)C=[N][SnH]([Cl])[Cl].IC(I)I.ICI.[CH2-]I.[V]. The van der Waals surface area contributed by atoms with Crippen LogP contribution in [-0.2, 0) is 28.3 Å². The number of halogens is 11. The number of alkyl halides is 8. The molecule has 0 unspecified atom stereocenters. The summed E-state index contributed by atoms with van der Waals surface area (Å²) in [6.45, 7) is 18.9. The Morgan fingerprint density at radius 3 is 1.38 bits per heavy atom. The van der Waals surface area contributed by atoms with Gasteiger partial charge >= 0.3 is 72.4 Å². The second kappa shape index (κ2) is 45.0. The number of carbonyl (C=O) groups excluding carboxylic acids is 2. The average molecular weight is 1820 g/mol. The third-order valence-corrected chi connectivity index (χ3v) is 12.6. The number of nitrogens with zero attached hydrogens (tertiary/aromatic N) is 2. The van der Waals surface area contributed by atoms with E-state index in [1.165, 1.54) is 13.6 Å². The van der Waals surface area contributed by atoms with Crippen LogP contribution in [0.25, 0.3) is 0 Å². The molecule has 0 heterocycles. The molecule has 0 aliphatic carbocycles. The maximum absolute atomic E-state index is 11.7. The van der Waals surface area contributed by atoms with Crippen LogP contribution in [0.2, 0.25) is 19.6 Å². The third kappa shape index (κ3) is 46.0. The summed E-state index contributed by atoms with van der Waals surface area (Å²) >= 11 is 25.8. The van der Waals surface area contributed by atoms with E-state index in [0.717, 1.165) is 17.5 Å². The third-order valence-electron chi connectivity index (χ3n) is 7.22. The van der Waals surface area contributed by atoms with E-state index in [2.05, 4.69) is 215 Å². The number of benzene rings is 3. The van der Waals surface area contributed by atoms with Gasteiger partial charge in [-0.05, 0) is 63.1 Å². The van der Waals surface area contributed by atoms with Gasteiger partial charge in [-0.3, -0.25) is 14.5 Å². The molecule has 1 radical (unpaired) electrons. The van der Waals surface area contributed by atoms with Crippen molar-refractivity contribution in [3.05, 3.63) is 112 Å². The molecular weight excluding hydrogens is 1760 g/mol. The normalized spacial score (nSPS) is 10.5. The first-order valence-electron chi connectivity index (χ1n) is 18.5. The summed E-state index contributed by atoms with van der Waals surface area (Å²) in [5, 5.41) is 9.01. The zero-order valence-corrected chi connectivity index (χ0v) is 59.5. The molecule has 0 atom stereocenters. The topological polar surface area (TPSA) is 70.3 Å². The minimum atomic E-state index is -2.30. The monoisotopic (exact) mass is 1820 g/mol. The van der Waals surface area contributed by atoms with Crippen LogP contribution in [0.1, 0.15) is 111 Å². The van der Waals surface area contributed by atoms with Crippen LogP contribution in [0.15, 0.2) is 82.1 Å². The quantitative estimate of drug-likeness (QED) is 0.0428. The molecule has 3 aromatic carbocycles. The van der Waals surface area contributed by atoms with E-state index >= 15 is 0 Å². The van der Waals surface area contributed by atoms with Gasteiger partial charge in [0.2, 0.25) is 0 Å². The minimum Gasteiger partial charge on any atom is -0.319 e. The van der Waals surface area contributed by atoms with E-state index in [1.807, 2.05) is 84.7 Å². The van der Waals surface area contributed by atoms with Crippen molar-refractivity contribution in [2.75, 3.05) is 14.2 Å². The molecule has 0 aliphatic heterocycles. The van der Waals surface area contributed by atoms with Crippen molar-refractivity contribution in [1.82, 2.24) is 0 Å². The number of nitriles is 1. The van der Waals surface area contributed by atoms with E-state index in [4.69, 9.17) is 46.3 Å². The van der Waals surface area contributed by atoms with Crippen LogP contribution in [0.3, 0.4) is 0 Å². The van der Waals surface area contributed by atoms with Crippen molar-refractivity contribution in [2.24, 2.45) is 3.21 Å². The predicted molar refractivity (Wildman–Crippen MR) is 331 cm³/mol. The molecule has 4 nitrogen and oxygen atoms in total. The van der Waals surface area contributed by atoms with Crippen molar-refractivity contribution in [2.45, 2.75) is 102 Å².